The molecule has 2 aliphatic heterocycles. The van der Waals surface area contributed by atoms with Gasteiger partial charge in [-0.05, 0) is 44.4 Å². The molecule has 1 unspecified atom stereocenters. The van der Waals surface area contributed by atoms with Gasteiger partial charge in [0.15, 0.2) is 5.16 Å². The third-order valence-electron chi connectivity index (χ3n) is 6.33. The average Bonchev–Trinajstić information content (AvgIpc) is 3.31. The van der Waals surface area contributed by atoms with E-state index >= 15 is 0 Å². The summed E-state index contributed by atoms with van der Waals surface area (Å²) < 4.78 is 4.96. The van der Waals surface area contributed by atoms with Crippen molar-refractivity contribution in [2.45, 2.75) is 43.8 Å². The highest BCUT2D eigenvalue weighted by atomic mass is 32.2. The molecule has 0 bridgehead atoms. The van der Waals surface area contributed by atoms with Crippen LogP contribution in [0.3, 0.4) is 0 Å². The van der Waals surface area contributed by atoms with Gasteiger partial charge in [0, 0.05) is 19.5 Å². The molecule has 172 valence electrons. The smallest absolute Gasteiger partial charge is 0.311 e. The topological polar surface area (TPSA) is 105 Å². The number of aromatic nitrogens is 2. The molecular weight excluding hydrogens is 432 g/mol. The molecule has 0 radical (unpaired) electrons. The first kappa shape index (κ1) is 22.6. The molecule has 2 amide bonds. The number of aromatic amines is 1. The number of benzene rings is 1. The third kappa shape index (κ3) is 4.09. The quantitative estimate of drug-likeness (QED) is 0.521. The maximum atomic E-state index is 12.8. The number of rotatable bonds is 6. The predicted molar refractivity (Wildman–Crippen MR) is 119 cm³/mol. The molecule has 0 aliphatic carbocycles. The van der Waals surface area contributed by atoms with Crippen LogP contribution in [0.2, 0.25) is 0 Å². The number of ether oxygens (including phenoxy) is 1. The average molecular weight is 461 g/mol. The fourth-order valence-electron chi connectivity index (χ4n) is 4.70. The number of aryl methyl sites for hydroxylation is 1. The van der Waals surface area contributed by atoms with E-state index in [0.717, 1.165) is 16.6 Å². The minimum absolute atomic E-state index is 0.00314. The van der Waals surface area contributed by atoms with Crippen LogP contribution in [-0.4, -0.2) is 75.8 Å². The van der Waals surface area contributed by atoms with E-state index in [1.165, 1.54) is 23.9 Å². The van der Waals surface area contributed by atoms with E-state index in [1.54, 1.807) is 4.90 Å². The summed E-state index contributed by atoms with van der Waals surface area (Å²) in [6.45, 7) is 5.06. The van der Waals surface area contributed by atoms with Crippen molar-refractivity contribution in [1.29, 1.82) is 0 Å². The van der Waals surface area contributed by atoms with Crippen LogP contribution in [0, 0.1) is 12.8 Å². The van der Waals surface area contributed by atoms with Crippen LogP contribution < -0.4 is 0 Å². The number of carbonyl (C=O) groups excluding carboxylic acids is 3. The summed E-state index contributed by atoms with van der Waals surface area (Å²) in [6, 6.07) is 6.00. The highest BCUT2D eigenvalue weighted by molar-refractivity contribution is 7.99. The van der Waals surface area contributed by atoms with Gasteiger partial charge in [-0.15, -0.1) is 0 Å². The van der Waals surface area contributed by atoms with E-state index in [0.29, 0.717) is 37.7 Å². The monoisotopic (exact) mass is 460 g/mol. The number of thioether (sulfide) groups is 1. The highest BCUT2D eigenvalue weighted by Crippen LogP contribution is 2.44. The molecule has 1 spiro atoms. The molecule has 2 fully saturated rings. The summed E-state index contributed by atoms with van der Waals surface area (Å²) in [5.41, 5.74) is 2.21. The number of nitrogens with zero attached hydrogens (tertiary/aromatic N) is 3. The Morgan fingerprint density at radius 2 is 2.06 bits per heavy atom. The first-order valence-corrected chi connectivity index (χ1v) is 11.8. The van der Waals surface area contributed by atoms with Gasteiger partial charge in [0.1, 0.15) is 0 Å². The number of carbonyl (C=O) groups is 3. The lowest BCUT2D eigenvalue weighted by atomic mass is 9.77. The van der Waals surface area contributed by atoms with Crippen molar-refractivity contribution in [2.75, 3.05) is 32.6 Å². The maximum Gasteiger partial charge on any atom is 0.311 e. The zero-order valence-electron chi connectivity index (χ0n) is 18.6. The van der Waals surface area contributed by atoms with E-state index in [2.05, 4.69) is 9.97 Å². The lowest BCUT2D eigenvalue weighted by Crippen LogP contribution is -2.58. The Kier molecular flexibility index (Phi) is 6.43. The number of fused-ring (bicyclic) bond motifs is 1. The molecule has 1 aromatic heterocycles. The number of esters is 1. The van der Waals surface area contributed by atoms with Gasteiger partial charge in [-0.3, -0.25) is 19.2 Å². The first-order chi connectivity index (χ1) is 15.4. The summed E-state index contributed by atoms with van der Waals surface area (Å²) in [4.78, 5) is 53.0. The Hall–Kier alpha value is -2.59. The van der Waals surface area contributed by atoms with E-state index in [1.807, 2.05) is 32.0 Å². The molecule has 2 aromatic rings. The number of amides is 2. The molecule has 1 atom stereocenters. The minimum Gasteiger partial charge on any atom is -0.469 e. The molecule has 2 saturated heterocycles. The van der Waals surface area contributed by atoms with E-state index in [-0.39, 0.29) is 24.0 Å². The van der Waals surface area contributed by atoms with Gasteiger partial charge in [-0.2, -0.15) is 0 Å². The predicted octanol–water partition coefficient (Wildman–Crippen LogP) is 2.30. The van der Waals surface area contributed by atoms with E-state index < -0.39 is 17.4 Å². The summed E-state index contributed by atoms with van der Waals surface area (Å²) in [5, 5.41) is 2.09. The fraction of sp³-hybridized carbons (Fsp3) is 0.545. The SMILES string of the molecule is CCON1C(=O)CC(C(=O)OC)C12CCN(C(=O)CSc1nc3ccc(C)cc3[nH]1)CC2. The normalized spacial score (nSPS) is 20.3. The van der Waals surface area contributed by atoms with Crippen molar-refractivity contribution in [3.05, 3.63) is 23.8 Å². The van der Waals surface area contributed by atoms with Crippen LogP contribution in [0.15, 0.2) is 23.4 Å². The summed E-state index contributed by atoms with van der Waals surface area (Å²) in [7, 11) is 1.33. The number of piperidine rings is 1. The maximum absolute atomic E-state index is 12.8. The van der Waals surface area contributed by atoms with Gasteiger partial charge < -0.3 is 14.6 Å². The summed E-state index contributed by atoms with van der Waals surface area (Å²) >= 11 is 1.37. The summed E-state index contributed by atoms with van der Waals surface area (Å²) in [5.74, 6) is -0.936. The van der Waals surface area contributed by atoms with Crippen LogP contribution in [0.4, 0.5) is 0 Å². The standard InChI is InChI=1S/C22H28N4O5S/c1-4-31-26-18(27)12-15(20(29)30-3)22(26)7-9-25(10-8-22)19(28)13-32-21-23-16-6-5-14(2)11-17(16)24-21/h5-6,11,15H,4,7-10,12-13H2,1-3H3,(H,23,24). The zero-order valence-corrected chi connectivity index (χ0v) is 19.4. The van der Waals surface area contributed by atoms with Gasteiger partial charge in [0.2, 0.25) is 11.8 Å². The Morgan fingerprint density at radius 3 is 2.75 bits per heavy atom. The second kappa shape index (κ2) is 9.11. The molecule has 32 heavy (non-hydrogen) atoms. The van der Waals surface area contributed by atoms with Crippen molar-refractivity contribution < 1.29 is 24.0 Å². The number of methoxy groups -OCH3 is 1. The van der Waals surface area contributed by atoms with Crippen LogP contribution in [-0.2, 0) is 24.0 Å². The molecule has 10 heteroatoms. The van der Waals surface area contributed by atoms with Crippen molar-refractivity contribution >= 4 is 40.6 Å². The number of H-pyrrole nitrogens is 1. The van der Waals surface area contributed by atoms with E-state index in [4.69, 9.17) is 9.57 Å². The molecule has 9 nitrogen and oxygen atoms in total. The second-order valence-corrected chi connectivity index (χ2v) is 9.19. The fourth-order valence-corrected chi connectivity index (χ4v) is 5.48. The number of nitrogens with one attached hydrogen (secondary N) is 1. The van der Waals surface area contributed by atoms with Crippen LogP contribution in [0.5, 0.6) is 0 Å². The van der Waals surface area contributed by atoms with Crippen LogP contribution in [0.1, 0.15) is 31.7 Å². The second-order valence-electron chi connectivity index (χ2n) is 8.22. The molecule has 4 rings (SSSR count). The summed E-state index contributed by atoms with van der Waals surface area (Å²) in [6.07, 6.45) is 1.01. The lowest BCUT2D eigenvalue weighted by Gasteiger charge is -2.45. The lowest BCUT2D eigenvalue weighted by molar-refractivity contribution is -0.221. The van der Waals surface area contributed by atoms with Crippen molar-refractivity contribution in [2.24, 2.45) is 5.92 Å². The Balaban J connectivity index is 1.40. The largest absolute Gasteiger partial charge is 0.469 e. The molecular formula is C22H28N4O5S. The van der Waals surface area contributed by atoms with Crippen molar-refractivity contribution in [3.63, 3.8) is 0 Å². The van der Waals surface area contributed by atoms with Crippen LogP contribution in [0.25, 0.3) is 11.0 Å². The van der Waals surface area contributed by atoms with Gasteiger partial charge in [-0.1, -0.05) is 17.8 Å². The van der Waals surface area contributed by atoms with Gasteiger partial charge in [0.25, 0.3) is 0 Å². The molecule has 0 saturated carbocycles. The Bertz CT molecular complexity index is 1030. The van der Waals surface area contributed by atoms with Crippen molar-refractivity contribution in [3.8, 4) is 0 Å². The zero-order chi connectivity index (χ0) is 22.9. The van der Waals surface area contributed by atoms with Gasteiger partial charge in [-0.25, -0.2) is 10.0 Å². The number of hydrogen-bond donors (Lipinski definition) is 1. The number of hydrogen-bond acceptors (Lipinski definition) is 7. The molecule has 2 aliphatic rings. The van der Waals surface area contributed by atoms with Crippen LogP contribution >= 0.6 is 11.8 Å². The Labute approximate surface area is 190 Å². The Morgan fingerprint density at radius 1 is 1.31 bits per heavy atom. The van der Waals surface area contributed by atoms with Gasteiger partial charge >= 0.3 is 5.97 Å². The minimum atomic E-state index is -0.763. The number of imidazole rings is 1. The van der Waals surface area contributed by atoms with E-state index in [9.17, 15) is 14.4 Å². The molecule has 3 heterocycles. The van der Waals surface area contributed by atoms with Crippen molar-refractivity contribution in [1.82, 2.24) is 19.9 Å². The first-order valence-electron chi connectivity index (χ1n) is 10.8. The highest BCUT2D eigenvalue weighted by Gasteiger charge is 2.58. The molecule has 1 aromatic carbocycles. The third-order valence-corrected chi connectivity index (χ3v) is 7.19. The number of hydroxylamine groups is 2. The number of likely N-dealkylation sites (tertiary alicyclic amines) is 1. The molecule has 1 N–H and O–H groups in total. The van der Waals surface area contributed by atoms with Gasteiger partial charge in [0.05, 0.1) is 42.0 Å².